The van der Waals surface area contributed by atoms with E-state index in [4.69, 9.17) is 10.2 Å². The molecular weight excluding hydrogens is 202 g/mol. The minimum Gasteiger partial charge on any atom is -0.466 e. The first-order valence-corrected chi connectivity index (χ1v) is 5.89. The van der Waals surface area contributed by atoms with Gasteiger partial charge in [-0.1, -0.05) is 13.8 Å². The molecule has 1 aromatic heterocycles. The number of furan rings is 1. The minimum absolute atomic E-state index is 0.0374. The van der Waals surface area contributed by atoms with Crippen LogP contribution in [0.1, 0.15) is 43.8 Å². The summed E-state index contributed by atoms with van der Waals surface area (Å²) in [5.41, 5.74) is 7.12. The normalized spacial score (nSPS) is 17.1. The molecule has 0 aliphatic carbocycles. The van der Waals surface area contributed by atoms with E-state index in [1.165, 1.54) is 0 Å². The highest BCUT2D eigenvalue weighted by Crippen LogP contribution is 2.35. The van der Waals surface area contributed by atoms with E-state index in [9.17, 15) is 5.11 Å². The summed E-state index contributed by atoms with van der Waals surface area (Å²) in [7, 11) is 0. The fourth-order valence-electron chi connectivity index (χ4n) is 2.40. The zero-order chi connectivity index (χ0) is 12.3. The summed E-state index contributed by atoms with van der Waals surface area (Å²) in [5.74, 6) is 1.82. The van der Waals surface area contributed by atoms with E-state index in [0.717, 1.165) is 23.5 Å². The van der Waals surface area contributed by atoms with Crippen LogP contribution in [0.25, 0.3) is 0 Å². The molecule has 1 aromatic rings. The monoisotopic (exact) mass is 225 g/mol. The van der Waals surface area contributed by atoms with Gasteiger partial charge in [0.25, 0.3) is 0 Å². The summed E-state index contributed by atoms with van der Waals surface area (Å²) in [5, 5.41) is 9.22. The summed E-state index contributed by atoms with van der Waals surface area (Å²) in [6.07, 6.45) is 1.56. The molecule has 0 saturated heterocycles. The molecule has 2 atom stereocenters. The van der Waals surface area contributed by atoms with Crippen molar-refractivity contribution in [1.82, 2.24) is 0 Å². The van der Waals surface area contributed by atoms with Crippen molar-refractivity contribution in [2.45, 2.75) is 52.0 Å². The van der Waals surface area contributed by atoms with Crippen LogP contribution in [0.15, 0.2) is 10.5 Å². The third-order valence-electron chi connectivity index (χ3n) is 3.55. The lowest BCUT2D eigenvalue weighted by Crippen LogP contribution is -2.43. The van der Waals surface area contributed by atoms with Crippen molar-refractivity contribution in [3.05, 3.63) is 23.2 Å². The van der Waals surface area contributed by atoms with Gasteiger partial charge in [0.2, 0.25) is 0 Å². The molecule has 0 bridgehead atoms. The Morgan fingerprint density at radius 1 is 1.50 bits per heavy atom. The summed E-state index contributed by atoms with van der Waals surface area (Å²) >= 11 is 0. The highest BCUT2D eigenvalue weighted by atomic mass is 16.3. The molecule has 0 fully saturated rings. The number of aryl methyl sites for hydroxylation is 2. The standard InChI is InChI=1S/C13H23NO2/c1-5-12(14)13(4,6-7-15)11-8-9(2)16-10(11)3/h8,12,15H,5-7,14H2,1-4H3. The Bertz CT molecular complexity index is 346. The number of hydrogen-bond donors (Lipinski definition) is 2. The molecule has 0 aliphatic heterocycles. The zero-order valence-corrected chi connectivity index (χ0v) is 10.7. The smallest absolute Gasteiger partial charge is 0.104 e. The first kappa shape index (κ1) is 13.3. The Balaban J connectivity index is 3.15. The first-order chi connectivity index (χ1) is 7.45. The van der Waals surface area contributed by atoms with Gasteiger partial charge < -0.3 is 15.3 Å². The molecule has 1 heterocycles. The Hall–Kier alpha value is -0.800. The van der Waals surface area contributed by atoms with Gasteiger partial charge in [0.15, 0.2) is 0 Å². The van der Waals surface area contributed by atoms with Gasteiger partial charge in [0.1, 0.15) is 11.5 Å². The number of nitrogens with two attached hydrogens (primary N) is 1. The fraction of sp³-hybridized carbons (Fsp3) is 0.692. The van der Waals surface area contributed by atoms with E-state index in [2.05, 4.69) is 13.8 Å². The minimum atomic E-state index is -0.203. The van der Waals surface area contributed by atoms with Gasteiger partial charge in [-0.15, -0.1) is 0 Å². The van der Waals surface area contributed by atoms with Crippen molar-refractivity contribution in [2.24, 2.45) is 5.73 Å². The van der Waals surface area contributed by atoms with Crippen LogP contribution in [-0.2, 0) is 5.41 Å². The average Bonchev–Trinajstić information content (AvgIpc) is 2.57. The molecule has 92 valence electrons. The highest BCUT2D eigenvalue weighted by Gasteiger charge is 2.35. The van der Waals surface area contributed by atoms with Gasteiger partial charge in [-0.25, -0.2) is 0 Å². The van der Waals surface area contributed by atoms with Gasteiger partial charge in [0, 0.05) is 23.6 Å². The van der Waals surface area contributed by atoms with Crippen molar-refractivity contribution < 1.29 is 9.52 Å². The average molecular weight is 225 g/mol. The highest BCUT2D eigenvalue weighted by molar-refractivity contribution is 5.31. The topological polar surface area (TPSA) is 59.4 Å². The van der Waals surface area contributed by atoms with Crippen molar-refractivity contribution in [3.63, 3.8) is 0 Å². The van der Waals surface area contributed by atoms with Gasteiger partial charge in [-0.2, -0.15) is 0 Å². The number of aliphatic hydroxyl groups is 1. The number of hydrogen-bond acceptors (Lipinski definition) is 3. The lowest BCUT2D eigenvalue weighted by molar-refractivity contribution is 0.221. The predicted molar refractivity (Wildman–Crippen MR) is 65.5 cm³/mol. The molecule has 3 heteroatoms. The van der Waals surface area contributed by atoms with Crippen LogP contribution in [-0.4, -0.2) is 17.8 Å². The molecule has 0 spiro atoms. The van der Waals surface area contributed by atoms with E-state index in [1.54, 1.807) is 0 Å². The van der Waals surface area contributed by atoms with Gasteiger partial charge in [-0.05, 0) is 32.8 Å². The first-order valence-electron chi connectivity index (χ1n) is 5.89. The van der Waals surface area contributed by atoms with Crippen LogP contribution in [0.2, 0.25) is 0 Å². The van der Waals surface area contributed by atoms with Crippen LogP contribution in [0.4, 0.5) is 0 Å². The summed E-state index contributed by atoms with van der Waals surface area (Å²) in [6.45, 7) is 8.22. The molecule has 0 amide bonds. The molecule has 1 rings (SSSR count). The largest absolute Gasteiger partial charge is 0.466 e. The lowest BCUT2D eigenvalue weighted by Gasteiger charge is -2.34. The maximum absolute atomic E-state index is 9.22. The molecule has 3 nitrogen and oxygen atoms in total. The second kappa shape index (κ2) is 5.02. The van der Waals surface area contributed by atoms with Crippen LogP contribution in [0.5, 0.6) is 0 Å². The van der Waals surface area contributed by atoms with E-state index >= 15 is 0 Å². The van der Waals surface area contributed by atoms with Crippen molar-refractivity contribution in [3.8, 4) is 0 Å². The molecule has 0 aliphatic rings. The zero-order valence-electron chi connectivity index (χ0n) is 10.7. The second-order valence-electron chi connectivity index (χ2n) is 4.73. The van der Waals surface area contributed by atoms with Crippen molar-refractivity contribution in [1.29, 1.82) is 0 Å². The Kier molecular flexibility index (Phi) is 4.16. The van der Waals surface area contributed by atoms with Crippen LogP contribution in [0, 0.1) is 13.8 Å². The molecule has 3 N–H and O–H groups in total. The molecular formula is C13H23NO2. The predicted octanol–water partition coefficient (Wildman–Crippen LogP) is 2.27. The van der Waals surface area contributed by atoms with Crippen LogP contribution in [0.3, 0.4) is 0 Å². The lowest BCUT2D eigenvalue weighted by atomic mass is 9.73. The van der Waals surface area contributed by atoms with Crippen molar-refractivity contribution >= 4 is 0 Å². The molecule has 16 heavy (non-hydrogen) atoms. The van der Waals surface area contributed by atoms with Gasteiger partial charge in [-0.3, -0.25) is 0 Å². The summed E-state index contributed by atoms with van der Waals surface area (Å²) in [4.78, 5) is 0. The van der Waals surface area contributed by atoms with Gasteiger partial charge in [0.05, 0.1) is 0 Å². The SMILES string of the molecule is CCC(N)C(C)(CCO)c1cc(C)oc1C. The number of aliphatic hydroxyl groups excluding tert-OH is 1. The Morgan fingerprint density at radius 3 is 2.50 bits per heavy atom. The summed E-state index contributed by atoms with van der Waals surface area (Å²) < 4.78 is 5.56. The maximum atomic E-state index is 9.22. The Labute approximate surface area is 97.6 Å². The summed E-state index contributed by atoms with van der Waals surface area (Å²) in [6, 6.07) is 2.08. The van der Waals surface area contributed by atoms with Crippen LogP contribution < -0.4 is 5.73 Å². The van der Waals surface area contributed by atoms with E-state index in [1.807, 2.05) is 19.9 Å². The quantitative estimate of drug-likeness (QED) is 0.808. The maximum Gasteiger partial charge on any atom is 0.104 e. The van der Waals surface area contributed by atoms with Crippen molar-refractivity contribution in [2.75, 3.05) is 6.61 Å². The van der Waals surface area contributed by atoms with E-state index < -0.39 is 0 Å². The second-order valence-corrected chi connectivity index (χ2v) is 4.73. The third kappa shape index (κ3) is 2.30. The Morgan fingerprint density at radius 2 is 2.12 bits per heavy atom. The molecule has 2 unspecified atom stereocenters. The third-order valence-corrected chi connectivity index (χ3v) is 3.55. The van der Waals surface area contributed by atoms with E-state index in [0.29, 0.717) is 6.42 Å². The number of rotatable bonds is 5. The van der Waals surface area contributed by atoms with Crippen LogP contribution >= 0.6 is 0 Å². The van der Waals surface area contributed by atoms with E-state index in [-0.39, 0.29) is 18.1 Å². The molecule has 0 aromatic carbocycles. The van der Waals surface area contributed by atoms with Gasteiger partial charge >= 0.3 is 0 Å². The molecule has 0 saturated carbocycles. The fourth-order valence-corrected chi connectivity index (χ4v) is 2.40. The molecule has 0 radical (unpaired) electrons.